The molecule has 0 saturated heterocycles. The Hall–Kier alpha value is -2.30. The van der Waals surface area contributed by atoms with Gasteiger partial charge < -0.3 is 14.6 Å². The largest absolute Gasteiger partial charge is 0.497 e. The van der Waals surface area contributed by atoms with Gasteiger partial charge in [0.1, 0.15) is 16.4 Å². The molecule has 0 radical (unpaired) electrons. The van der Waals surface area contributed by atoms with Gasteiger partial charge in [0.05, 0.1) is 25.9 Å². The lowest BCUT2D eigenvalue weighted by Gasteiger charge is -2.15. The maximum absolute atomic E-state index is 12.6. The van der Waals surface area contributed by atoms with Crippen LogP contribution in [0.2, 0.25) is 0 Å². The van der Waals surface area contributed by atoms with Crippen molar-refractivity contribution in [1.29, 1.82) is 0 Å². The maximum atomic E-state index is 12.6. The molecule has 0 heterocycles. The van der Waals surface area contributed by atoms with Crippen LogP contribution in [-0.4, -0.2) is 34.3 Å². The van der Waals surface area contributed by atoms with E-state index in [1.54, 1.807) is 0 Å². The van der Waals surface area contributed by atoms with Crippen LogP contribution < -0.4 is 14.2 Å². The lowest BCUT2D eigenvalue weighted by Crippen LogP contribution is -2.29. The number of sulfonamides is 1. The molecule has 0 amide bonds. The standard InChI is InChI=1S/C17H18F3NO5S/c1-25-13-7-8-15(26-2)16(9-13)27(23,24)21-10-14(22)11-3-5-12(6-4-11)17(18,19)20/h3-9,14,21-22H,10H2,1-2H3. The van der Waals surface area contributed by atoms with E-state index < -0.39 is 34.4 Å². The number of aliphatic hydroxyl groups is 1. The molecule has 0 aromatic heterocycles. The fourth-order valence-corrected chi connectivity index (χ4v) is 3.49. The summed E-state index contributed by atoms with van der Waals surface area (Å²) in [5, 5.41) is 10.1. The Bertz CT molecular complexity index is 882. The fraction of sp³-hybridized carbons (Fsp3) is 0.294. The number of alkyl halides is 3. The molecule has 0 aliphatic heterocycles. The van der Waals surface area contributed by atoms with Crippen molar-refractivity contribution in [3.8, 4) is 11.5 Å². The maximum Gasteiger partial charge on any atom is 0.416 e. The molecule has 0 aliphatic rings. The summed E-state index contributed by atoms with van der Waals surface area (Å²) in [4.78, 5) is -0.191. The van der Waals surface area contributed by atoms with E-state index in [1.807, 2.05) is 0 Å². The van der Waals surface area contributed by atoms with Crippen molar-refractivity contribution in [3.05, 3.63) is 53.6 Å². The third kappa shape index (κ3) is 5.12. The van der Waals surface area contributed by atoms with Crippen molar-refractivity contribution in [2.45, 2.75) is 17.2 Å². The number of methoxy groups -OCH3 is 2. The highest BCUT2D eigenvalue weighted by molar-refractivity contribution is 7.89. The summed E-state index contributed by atoms with van der Waals surface area (Å²) in [5.74, 6) is 0.367. The van der Waals surface area contributed by atoms with Crippen molar-refractivity contribution >= 4 is 10.0 Å². The van der Waals surface area contributed by atoms with Crippen LogP contribution in [0.5, 0.6) is 11.5 Å². The van der Waals surface area contributed by atoms with Gasteiger partial charge in [-0.05, 0) is 29.8 Å². The average molecular weight is 405 g/mol. The summed E-state index contributed by atoms with van der Waals surface area (Å²) in [6, 6.07) is 8.01. The van der Waals surface area contributed by atoms with Crippen molar-refractivity contribution in [2.75, 3.05) is 20.8 Å². The number of rotatable bonds is 7. The molecular formula is C17H18F3NO5S. The Morgan fingerprint density at radius 1 is 1.07 bits per heavy atom. The Balaban J connectivity index is 2.15. The normalized spacial score (nSPS) is 13.3. The highest BCUT2D eigenvalue weighted by Gasteiger charge is 2.30. The molecule has 1 atom stereocenters. The highest BCUT2D eigenvalue weighted by atomic mass is 32.2. The molecule has 6 nitrogen and oxygen atoms in total. The van der Waals surface area contributed by atoms with Gasteiger partial charge >= 0.3 is 6.18 Å². The van der Waals surface area contributed by atoms with Crippen LogP contribution in [0.25, 0.3) is 0 Å². The Morgan fingerprint density at radius 3 is 2.22 bits per heavy atom. The molecule has 1 unspecified atom stereocenters. The van der Waals surface area contributed by atoms with Crippen LogP contribution in [0, 0.1) is 0 Å². The van der Waals surface area contributed by atoms with Gasteiger partial charge in [-0.1, -0.05) is 12.1 Å². The number of halogens is 3. The molecule has 148 valence electrons. The van der Waals surface area contributed by atoms with E-state index in [4.69, 9.17) is 9.47 Å². The lowest BCUT2D eigenvalue weighted by atomic mass is 10.1. The summed E-state index contributed by atoms with van der Waals surface area (Å²) < 4.78 is 74.9. The van der Waals surface area contributed by atoms with Gasteiger partial charge in [-0.2, -0.15) is 13.2 Å². The summed E-state index contributed by atoms with van der Waals surface area (Å²) in [7, 11) is -1.39. The van der Waals surface area contributed by atoms with Gasteiger partial charge in [-0.25, -0.2) is 13.1 Å². The zero-order valence-electron chi connectivity index (χ0n) is 14.4. The second-order valence-electron chi connectivity index (χ2n) is 5.50. The molecule has 2 rings (SSSR count). The topological polar surface area (TPSA) is 84.9 Å². The van der Waals surface area contributed by atoms with Crippen molar-refractivity contribution in [2.24, 2.45) is 0 Å². The monoisotopic (exact) mass is 405 g/mol. The third-order valence-corrected chi connectivity index (χ3v) is 5.19. The van der Waals surface area contributed by atoms with Crippen LogP contribution in [0.3, 0.4) is 0 Å². The first-order valence-electron chi connectivity index (χ1n) is 7.65. The van der Waals surface area contributed by atoms with Gasteiger partial charge in [-0.15, -0.1) is 0 Å². The van der Waals surface area contributed by atoms with Crippen LogP contribution >= 0.6 is 0 Å². The molecule has 2 aromatic rings. The van der Waals surface area contributed by atoms with Gasteiger partial charge in [0.15, 0.2) is 0 Å². The first-order chi connectivity index (χ1) is 12.6. The molecule has 27 heavy (non-hydrogen) atoms. The van der Waals surface area contributed by atoms with Crippen LogP contribution in [0.1, 0.15) is 17.2 Å². The molecule has 0 fully saturated rings. The highest BCUT2D eigenvalue weighted by Crippen LogP contribution is 2.30. The molecule has 2 aromatic carbocycles. The van der Waals surface area contributed by atoms with E-state index in [0.717, 1.165) is 24.3 Å². The second kappa shape index (κ2) is 8.15. The molecular weight excluding hydrogens is 387 g/mol. The smallest absolute Gasteiger partial charge is 0.416 e. The molecule has 2 N–H and O–H groups in total. The number of nitrogens with one attached hydrogen (secondary N) is 1. The van der Waals surface area contributed by atoms with Gasteiger partial charge in [0.2, 0.25) is 10.0 Å². The van der Waals surface area contributed by atoms with E-state index in [-0.39, 0.29) is 16.2 Å². The fourth-order valence-electron chi connectivity index (χ4n) is 2.27. The summed E-state index contributed by atoms with van der Waals surface area (Å²) >= 11 is 0. The first kappa shape index (κ1) is 21.0. The molecule has 10 heteroatoms. The van der Waals surface area contributed by atoms with Gasteiger partial charge in [0, 0.05) is 12.6 Å². The minimum atomic E-state index is -4.49. The predicted molar refractivity (Wildman–Crippen MR) is 91.1 cm³/mol. The summed E-state index contributed by atoms with van der Waals surface area (Å²) in [6.07, 6.45) is -5.83. The van der Waals surface area contributed by atoms with E-state index in [0.29, 0.717) is 5.75 Å². The Labute approximate surface area is 154 Å². The molecule has 0 saturated carbocycles. The second-order valence-corrected chi connectivity index (χ2v) is 7.24. The third-order valence-electron chi connectivity index (χ3n) is 3.75. The quantitative estimate of drug-likeness (QED) is 0.740. The predicted octanol–water partition coefficient (Wildman–Crippen LogP) is 2.73. The minimum absolute atomic E-state index is 0.0762. The number of ether oxygens (including phenoxy) is 2. The van der Waals surface area contributed by atoms with Crippen LogP contribution in [0.4, 0.5) is 13.2 Å². The Morgan fingerprint density at radius 2 is 1.70 bits per heavy atom. The van der Waals surface area contributed by atoms with Gasteiger partial charge in [0.25, 0.3) is 0 Å². The zero-order chi connectivity index (χ0) is 20.2. The SMILES string of the molecule is COc1ccc(OC)c(S(=O)(=O)NCC(O)c2ccc(C(F)(F)F)cc2)c1. The molecule has 0 bridgehead atoms. The van der Waals surface area contributed by atoms with E-state index in [1.165, 1.54) is 32.4 Å². The summed E-state index contributed by atoms with van der Waals surface area (Å²) in [5.41, 5.74) is -0.719. The van der Waals surface area contributed by atoms with Crippen molar-refractivity contribution < 1.29 is 36.2 Å². The van der Waals surface area contributed by atoms with E-state index >= 15 is 0 Å². The number of hydrogen-bond acceptors (Lipinski definition) is 5. The minimum Gasteiger partial charge on any atom is -0.497 e. The first-order valence-corrected chi connectivity index (χ1v) is 9.13. The number of benzene rings is 2. The average Bonchev–Trinajstić information content (AvgIpc) is 2.65. The summed E-state index contributed by atoms with van der Waals surface area (Å²) in [6.45, 7) is -0.436. The zero-order valence-corrected chi connectivity index (χ0v) is 15.3. The molecule has 0 spiro atoms. The Kier molecular flexibility index (Phi) is 6.34. The van der Waals surface area contributed by atoms with Crippen molar-refractivity contribution in [1.82, 2.24) is 4.72 Å². The van der Waals surface area contributed by atoms with Crippen LogP contribution in [-0.2, 0) is 16.2 Å². The lowest BCUT2D eigenvalue weighted by molar-refractivity contribution is -0.137. The molecule has 0 aliphatic carbocycles. The van der Waals surface area contributed by atoms with Crippen LogP contribution in [0.15, 0.2) is 47.4 Å². The van der Waals surface area contributed by atoms with Gasteiger partial charge in [-0.3, -0.25) is 0 Å². The van der Waals surface area contributed by atoms with E-state index in [9.17, 15) is 26.7 Å². The van der Waals surface area contributed by atoms with E-state index in [2.05, 4.69) is 4.72 Å². The van der Waals surface area contributed by atoms with Crippen molar-refractivity contribution in [3.63, 3.8) is 0 Å². The number of hydrogen-bond donors (Lipinski definition) is 2. The number of aliphatic hydroxyl groups excluding tert-OH is 1.